The Labute approximate surface area is 114 Å². The van der Waals surface area contributed by atoms with Crippen molar-refractivity contribution in [2.75, 3.05) is 13.1 Å². The molecule has 1 aromatic heterocycles. The summed E-state index contributed by atoms with van der Waals surface area (Å²) < 4.78 is 0. The predicted octanol–water partition coefficient (Wildman–Crippen LogP) is 3.61. The van der Waals surface area contributed by atoms with Crippen LogP contribution in [0.15, 0.2) is 0 Å². The summed E-state index contributed by atoms with van der Waals surface area (Å²) in [6.45, 7) is 7.17. The Bertz CT molecular complexity index is 405. The van der Waals surface area contributed by atoms with Gasteiger partial charge in [0, 0.05) is 16.8 Å². The molecule has 0 saturated carbocycles. The van der Waals surface area contributed by atoms with Crippen LogP contribution in [0.3, 0.4) is 0 Å². The first-order valence-electron chi connectivity index (χ1n) is 7.46. The van der Waals surface area contributed by atoms with Crippen LogP contribution in [0.25, 0.3) is 0 Å². The highest BCUT2D eigenvalue weighted by Gasteiger charge is 2.27. The van der Waals surface area contributed by atoms with Crippen LogP contribution in [0.2, 0.25) is 0 Å². The number of hydrogen-bond acceptors (Lipinski definition) is 3. The number of nitrogens with zero attached hydrogens (tertiary/aromatic N) is 2. The largest absolute Gasteiger partial charge is 0.300 e. The Kier molecular flexibility index (Phi) is 3.71. The molecule has 0 N–H and O–H groups in total. The lowest BCUT2D eigenvalue weighted by molar-refractivity contribution is 0.150. The highest BCUT2D eigenvalue weighted by atomic mass is 32.1. The summed E-state index contributed by atoms with van der Waals surface area (Å²) in [7, 11) is 0. The number of hydrogen-bond donors (Lipinski definition) is 0. The fourth-order valence-corrected chi connectivity index (χ4v) is 4.40. The zero-order valence-corrected chi connectivity index (χ0v) is 12.4. The molecule has 1 saturated heterocycles. The summed E-state index contributed by atoms with van der Waals surface area (Å²) in [5.41, 5.74) is 1.41. The van der Waals surface area contributed by atoms with Gasteiger partial charge in [-0.2, -0.15) is 0 Å². The lowest BCUT2D eigenvalue weighted by Crippen LogP contribution is -2.42. The van der Waals surface area contributed by atoms with E-state index in [2.05, 4.69) is 18.7 Å². The molecule has 1 aliphatic heterocycles. The van der Waals surface area contributed by atoms with Crippen LogP contribution in [0.4, 0.5) is 0 Å². The van der Waals surface area contributed by atoms with Gasteiger partial charge in [0.1, 0.15) is 0 Å². The molecule has 0 aromatic carbocycles. The lowest BCUT2D eigenvalue weighted by atomic mass is 9.94. The number of likely N-dealkylation sites (tertiary alicyclic amines) is 1. The number of rotatable bonds is 2. The van der Waals surface area contributed by atoms with Gasteiger partial charge in [0.25, 0.3) is 0 Å². The van der Waals surface area contributed by atoms with Gasteiger partial charge in [0.05, 0.1) is 10.7 Å². The summed E-state index contributed by atoms with van der Waals surface area (Å²) in [5, 5.41) is 1.35. The summed E-state index contributed by atoms with van der Waals surface area (Å²) in [6.07, 6.45) is 8.05. The smallest absolute Gasteiger partial charge is 0.0956 e. The Morgan fingerprint density at radius 1 is 1.22 bits per heavy atom. The maximum Gasteiger partial charge on any atom is 0.0956 e. The van der Waals surface area contributed by atoms with Crippen molar-refractivity contribution in [3.8, 4) is 0 Å². The van der Waals surface area contributed by atoms with E-state index in [9.17, 15) is 0 Å². The highest BCUT2D eigenvalue weighted by Crippen LogP contribution is 2.32. The van der Waals surface area contributed by atoms with Gasteiger partial charge in [-0.3, -0.25) is 0 Å². The second kappa shape index (κ2) is 5.30. The molecule has 2 aliphatic rings. The molecule has 1 aromatic rings. The Morgan fingerprint density at radius 2 is 2.00 bits per heavy atom. The molecule has 1 atom stereocenters. The fourth-order valence-electron chi connectivity index (χ4n) is 3.22. The Hall–Kier alpha value is -0.410. The fraction of sp³-hybridized carbons (Fsp3) is 0.800. The van der Waals surface area contributed by atoms with Gasteiger partial charge in [-0.1, -0.05) is 20.3 Å². The third-order valence-electron chi connectivity index (χ3n) is 4.33. The van der Waals surface area contributed by atoms with Crippen molar-refractivity contribution in [3.05, 3.63) is 15.6 Å². The third-order valence-corrected chi connectivity index (χ3v) is 5.75. The van der Waals surface area contributed by atoms with Crippen molar-refractivity contribution in [2.45, 2.75) is 64.3 Å². The number of aryl methyl sites for hydroxylation is 1. The minimum atomic E-state index is 0.592. The first-order valence-corrected chi connectivity index (χ1v) is 8.28. The van der Waals surface area contributed by atoms with Crippen LogP contribution in [-0.4, -0.2) is 29.0 Å². The second-order valence-corrected chi connectivity index (χ2v) is 7.19. The lowest BCUT2D eigenvalue weighted by Gasteiger charge is -2.36. The maximum atomic E-state index is 4.83. The topological polar surface area (TPSA) is 16.1 Å². The minimum Gasteiger partial charge on any atom is -0.300 e. The minimum absolute atomic E-state index is 0.592. The van der Waals surface area contributed by atoms with Crippen molar-refractivity contribution in [1.82, 2.24) is 9.88 Å². The SMILES string of the molecule is CC(C)c1nc2c(s1)CC(N1CCCCC1)CC2. The number of aromatic nitrogens is 1. The van der Waals surface area contributed by atoms with E-state index in [4.69, 9.17) is 4.98 Å². The number of piperidine rings is 1. The molecular weight excluding hydrogens is 240 g/mol. The van der Waals surface area contributed by atoms with Gasteiger partial charge >= 0.3 is 0 Å². The number of fused-ring (bicyclic) bond motifs is 1. The van der Waals surface area contributed by atoms with Crippen LogP contribution in [0, 0.1) is 0 Å². The van der Waals surface area contributed by atoms with Gasteiger partial charge in [-0.05, 0) is 45.2 Å². The molecular formula is C15H24N2S. The molecule has 0 radical (unpaired) electrons. The van der Waals surface area contributed by atoms with Crippen molar-refractivity contribution >= 4 is 11.3 Å². The van der Waals surface area contributed by atoms with E-state index < -0.39 is 0 Å². The predicted molar refractivity (Wildman–Crippen MR) is 77.4 cm³/mol. The van der Waals surface area contributed by atoms with Crippen LogP contribution in [-0.2, 0) is 12.8 Å². The molecule has 0 amide bonds. The van der Waals surface area contributed by atoms with E-state index in [0.717, 1.165) is 6.04 Å². The van der Waals surface area contributed by atoms with E-state index in [-0.39, 0.29) is 0 Å². The van der Waals surface area contributed by atoms with E-state index >= 15 is 0 Å². The standard InChI is InChI=1S/C15H24N2S/c1-11(2)15-16-13-7-6-12(10-14(13)18-15)17-8-4-3-5-9-17/h11-12H,3-10H2,1-2H3. The van der Waals surface area contributed by atoms with Crippen molar-refractivity contribution in [2.24, 2.45) is 0 Å². The van der Waals surface area contributed by atoms with Crippen LogP contribution >= 0.6 is 11.3 Å². The van der Waals surface area contributed by atoms with E-state index in [0.29, 0.717) is 5.92 Å². The number of thiazole rings is 1. The molecule has 0 spiro atoms. The molecule has 1 fully saturated rings. The average molecular weight is 264 g/mol. The second-order valence-electron chi connectivity index (χ2n) is 6.07. The summed E-state index contributed by atoms with van der Waals surface area (Å²) in [5.74, 6) is 0.592. The molecule has 3 rings (SSSR count). The van der Waals surface area contributed by atoms with E-state index in [1.807, 2.05) is 11.3 Å². The average Bonchev–Trinajstić information content (AvgIpc) is 2.82. The first kappa shape index (κ1) is 12.6. The van der Waals surface area contributed by atoms with Crippen LogP contribution < -0.4 is 0 Å². The molecule has 1 aliphatic carbocycles. The molecule has 18 heavy (non-hydrogen) atoms. The van der Waals surface area contributed by atoms with Gasteiger partial charge in [-0.25, -0.2) is 4.98 Å². The first-order chi connectivity index (χ1) is 8.74. The van der Waals surface area contributed by atoms with E-state index in [1.54, 1.807) is 4.88 Å². The summed E-state index contributed by atoms with van der Waals surface area (Å²) in [4.78, 5) is 9.15. The molecule has 2 heterocycles. The zero-order valence-electron chi connectivity index (χ0n) is 11.6. The Balaban J connectivity index is 1.71. The van der Waals surface area contributed by atoms with Gasteiger partial charge in [0.15, 0.2) is 0 Å². The summed E-state index contributed by atoms with van der Waals surface area (Å²) >= 11 is 1.97. The molecule has 2 nitrogen and oxygen atoms in total. The van der Waals surface area contributed by atoms with Crippen LogP contribution in [0.1, 0.15) is 61.0 Å². The van der Waals surface area contributed by atoms with Crippen molar-refractivity contribution in [3.63, 3.8) is 0 Å². The van der Waals surface area contributed by atoms with E-state index in [1.165, 1.54) is 62.3 Å². The normalized spacial score (nSPS) is 25.4. The van der Waals surface area contributed by atoms with Crippen molar-refractivity contribution < 1.29 is 0 Å². The molecule has 3 heteroatoms. The van der Waals surface area contributed by atoms with Gasteiger partial charge in [-0.15, -0.1) is 11.3 Å². The highest BCUT2D eigenvalue weighted by molar-refractivity contribution is 7.11. The van der Waals surface area contributed by atoms with Gasteiger partial charge < -0.3 is 4.90 Å². The Morgan fingerprint density at radius 3 is 2.72 bits per heavy atom. The monoisotopic (exact) mass is 264 g/mol. The molecule has 0 bridgehead atoms. The van der Waals surface area contributed by atoms with Gasteiger partial charge in [0.2, 0.25) is 0 Å². The quantitative estimate of drug-likeness (QED) is 0.811. The van der Waals surface area contributed by atoms with Crippen LogP contribution in [0.5, 0.6) is 0 Å². The maximum absolute atomic E-state index is 4.83. The molecule has 1 unspecified atom stereocenters. The summed E-state index contributed by atoms with van der Waals surface area (Å²) in [6, 6.07) is 0.804. The zero-order chi connectivity index (χ0) is 12.5. The molecule has 100 valence electrons. The third kappa shape index (κ3) is 2.48. The van der Waals surface area contributed by atoms with Crippen molar-refractivity contribution in [1.29, 1.82) is 0 Å².